The molecule has 0 radical (unpaired) electrons. The van der Waals surface area contributed by atoms with Gasteiger partial charge in [-0.3, -0.25) is 9.59 Å². The number of ether oxygens (including phenoxy) is 1. The van der Waals surface area contributed by atoms with E-state index in [0.717, 1.165) is 0 Å². The lowest BCUT2D eigenvalue weighted by Crippen LogP contribution is -2.54. The van der Waals surface area contributed by atoms with Crippen molar-refractivity contribution in [2.75, 3.05) is 12.4 Å². The molecule has 120 valence electrons. The Morgan fingerprint density at radius 3 is 2.57 bits per heavy atom. The molecule has 1 N–H and O–H groups in total. The maximum atomic E-state index is 12.4. The topological polar surface area (TPSA) is 75.7 Å². The third-order valence-corrected chi connectivity index (χ3v) is 4.87. The van der Waals surface area contributed by atoms with E-state index in [-0.39, 0.29) is 18.4 Å². The molecule has 2 amide bonds. The summed E-state index contributed by atoms with van der Waals surface area (Å²) in [5.74, 6) is -0.319. The second kappa shape index (κ2) is 7.15. The van der Waals surface area contributed by atoms with Crippen molar-refractivity contribution in [3.63, 3.8) is 0 Å². The molecular weight excluding hydrogens is 292 g/mol. The van der Waals surface area contributed by atoms with E-state index < -0.39 is 22.9 Å². The Labute approximate surface area is 130 Å². The molecule has 0 aliphatic carbocycles. The molecule has 0 aromatic rings. The fourth-order valence-corrected chi connectivity index (χ4v) is 3.39. The van der Waals surface area contributed by atoms with Gasteiger partial charge in [-0.2, -0.15) is 0 Å². The Bertz CT molecular complexity index is 412. The maximum absolute atomic E-state index is 12.4. The van der Waals surface area contributed by atoms with Crippen LogP contribution in [-0.4, -0.2) is 52.5 Å². The van der Waals surface area contributed by atoms with Crippen molar-refractivity contribution in [1.29, 1.82) is 0 Å². The van der Waals surface area contributed by atoms with Crippen molar-refractivity contribution >= 4 is 30.0 Å². The van der Waals surface area contributed by atoms with Crippen LogP contribution in [0.15, 0.2) is 0 Å². The normalized spacial score (nSPS) is 22.0. The molecule has 1 fully saturated rings. The highest BCUT2D eigenvalue weighted by Gasteiger charge is 2.43. The Morgan fingerprint density at radius 2 is 2.10 bits per heavy atom. The van der Waals surface area contributed by atoms with Gasteiger partial charge < -0.3 is 15.0 Å². The number of nitrogens with zero attached hydrogens (tertiary/aromatic N) is 1. The zero-order valence-corrected chi connectivity index (χ0v) is 14.0. The van der Waals surface area contributed by atoms with E-state index >= 15 is 0 Å². The van der Waals surface area contributed by atoms with Crippen molar-refractivity contribution < 1.29 is 19.1 Å². The van der Waals surface area contributed by atoms with Gasteiger partial charge in [0.15, 0.2) is 0 Å². The number of carbonyl (C=O) groups is 3. The zero-order chi connectivity index (χ0) is 16.2. The van der Waals surface area contributed by atoms with Gasteiger partial charge in [-0.15, -0.1) is 11.8 Å². The predicted molar refractivity (Wildman–Crippen MR) is 81.6 cm³/mol. The third-order valence-electron chi connectivity index (χ3n) is 3.47. The minimum absolute atomic E-state index is 0.0836. The minimum atomic E-state index is -0.695. The number of hydrogen-bond acceptors (Lipinski definition) is 5. The molecule has 1 aliphatic heterocycles. The number of carbonyl (C=O) groups excluding carboxylic acids is 3. The van der Waals surface area contributed by atoms with Gasteiger partial charge in [0.1, 0.15) is 12.1 Å². The summed E-state index contributed by atoms with van der Waals surface area (Å²) < 4.78 is 4.98. The number of esters is 1. The van der Waals surface area contributed by atoms with Gasteiger partial charge >= 0.3 is 5.97 Å². The van der Waals surface area contributed by atoms with E-state index in [2.05, 4.69) is 5.32 Å². The van der Waals surface area contributed by atoms with Crippen molar-refractivity contribution in [2.24, 2.45) is 5.92 Å². The first-order valence-electron chi connectivity index (χ1n) is 7.09. The standard InChI is InChI=1S/C14H24N2O4S/c1-6-20-13(19)11(9(2)3)15-12(18)10-7-21-14(4,5)16(10)8-17/h8-11H,6-7H2,1-5H3,(H,15,18)/t10-,11+/m0/s1. The molecule has 1 aliphatic rings. The van der Waals surface area contributed by atoms with Gasteiger partial charge in [0.25, 0.3) is 0 Å². The van der Waals surface area contributed by atoms with Crippen LogP contribution in [0.1, 0.15) is 34.6 Å². The summed E-state index contributed by atoms with van der Waals surface area (Å²) in [5.41, 5.74) is 0. The molecule has 0 bridgehead atoms. The Morgan fingerprint density at radius 1 is 1.48 bits per heavy atom. The number of thioether (sulfide) groups is 1. The first kappa shape index (κ1) is 17.8. The van der Waals surface area contributed by atoms with Crippen molar-refractivity contribution in [3.05, 3.63) is 0 Å². The van der Waals surface area contributed by atoms with Crippen LogP contribution < -0.4 is 5.32 Å². The highest BCUT2D eigenvalue weighted by Crippen LogP contribution is 2.37. The summed E-state index contributed by atoms with van der Waals surface area (Å²) in [6, 6.07) is -1.25. The van der Waals surface area contributed by atoms with Crippen LogP contribution in [0.5, 0.6) is 0 Å². The number of hydrogen-bond donors (Lipinski definition) is 1. The summed E-state index contributed by atoms with van der Waals surface area (Å²) in [6.07, 6.45) is 0.693. The highest BCUT2D eigenvalue weighted by atomic mass is 32.2. The lowest BCUT2D eigenvalue weighted by molar-refractivity contribution is -0.149. The predicted octanol–water partition coefficient (Wildman–Crippen LogP) is 1.00. The highest BCUT2D eigenvalue weighted by molar-refractivity contribution is 8.00. The summed E-state index contributed by atoms with van der Waals surface area (Å²) in [6.45, 7) is 9.46. The van der Waals surface area contributed by atoms with Crippen LogP contribution in [0.25, 0.3) is 0 Å². The molecule has 0 unspecified atom stereocenters. The van der Waals surface area contributed by atoms with Gasteiger partial charge in [0.05, 0.1) is 11.5 Å². The molecule has 1 saturated heterocycles. The Balaban J connectivity index is 2.79. The average molecular weight is 316 g/mol. The fraction of sp³-hybridized carbons (Fsp3) is 0.786. The molecule has 1 rings (SSSR count). The summed E-state index contributed by atoms with van der Waals surface area (Å²) in [7, 11) is 0. The second-order valence-electron chi connectivity index (χ2n) is 5.77. The van der Waals surface area contributed by atoms with Gasteiger partial charge in [-0.25, -0.2) is 4.79 Å². The third kappa shape index (κ3) is 4.12. The fourth-order valence-electron chi connectivity index (χ4n) is 2.19. The van der Waals surface area contributed by atoms with Gasteiger partial charge in [0, 0.05) is 5.75 Å². The molecule has 1 heterocycles. The number of nitrogens with one attached hydrogen (secondary N) is 1. The summed E-state index contributed by atoms with van der Waals surface area (Å²) in [4.78, 5) is 36.6. The smallest absolute Gasteiger partial charge is 0.328 e. The number of rotatable bonds is 6. The molecular formula is C14H24N2O4S. The molecule has 7 heteroatoms. The average Bonchev–Trinajstić information content (AvgIpc) is 2.70. The van der Waals surface area contributed by atoms with E-state index in [9.17, 15) is 14.4 Å². The van der Waals surface area contributed by atoms with E-state index in [0.29, 0.717) is 12.2 Å². The molecule has 6 nitrogen and oxygen atoms in total. The minimum Gasteiger partial charge on any atom is -0.464 e. The Kier molecular flexibility index (Phi) is 6.07. The largest absolute Gasteiger partial charge is 0.464 e. The molecule has 2 atom stereocenters. The maximum Gasteiger partial charge on any atom is 0.328 e. The Hall–Kier alpha value is -1.24. The van der Waals surface area contributed by atoms with Crippen molar-refractivity contribution in [1.82, 2.24) is 10.2 Å². The second-order valence-corrected chi connectivity index (χ2v) is 7.39. The molecule has 0 aromatic heterocycles. The molecule has 0 aromatic carbocycles. The van der Waals surface area contributed by atoms with Gasteiger partial charge in [-0.1, -0.05) is 13.8 Å². The van der Waals surface area contributed by atoms with Crippen LogP contribution >= 0.6 is 11.8 Å². The first-order chi connectivity index (χ1) is 9.74. The van der Waals surface area contributed by atoms with Gasteiger partial charge in [-0.05, 0) is 26.7 Å². The van der Waals surface area contributed by atoms with Crippen LogP contribution in [0.3, 0.4) is 0 Å². The quantitative estimate of drug-likeness (QED) is 0.584. The SMILES string of the molecule is CCOC(=O)[C@H](NC(=O)[C@@H]1CSC(C)(C)N1C=O)C(C)C. The van der Waals surface area contributed by atoms with E-state index in [1.807, 2.05) is 27.7 Å². The molecule has 21 heavy (non-hydrogen) atoms. The van der Waals surface area contributed by atoms with E-state index in [1.54, 1.807) is 18.7 Å². The van der Waals surface area contributed by atoms with Gasteiger partial charge in [0.2, 0.25) is 12.3 Å². The summed E-state index contributed by atoms with van der Waals surface area (Å²) >= 11 is 1.54. The number of amides is 2. The van der Waals surface area contributed by atoms with Crippen LogP contribution in [0.2, 0.25) is 0 Å². The van der Waals surface area contributed by atoms with E-state index in [1.165, 1.54) is 4.90 Å². The molecule has 0 saturated carbocycles. The lowest BCUT2D eigenvalue weighted by Gasteiger charge is -2.31. The van der Waals surface area contributed by atoms with E-state index in [4.69, 9.17) is 4.74 Å². The summed E-state index contributed by atoms with van der Waals surface area (Å²) in [5, 5.41) is 2.72. The lowest BCUT2D eigenvalue weighted by atomic mass is 10.0. The van der Waals surface area contributed by atoms with Crippen LogP contribution in [-0.2, 0) is 19.1 Å². The van der Waals surface area contributed by atoms with Crippen molar-refractivity contribution in [3.8, 4) is 0 Å². The monoisotopic (exact) mass is 316 g/mol. The van der Waals surface area contributed by atoms with Crippen LogP contribution in [0.4, 0.5) is 0 Å². The van der Waals surface area contributed by atoms with Crippen molar-refractivity contribution in [2.45, 2.75) is 51.6 Å². The van der Waals surface area contributed by atoms with Crippen LogP contribution in [0, 0.1) is 5.92 Å². The molecule has 0 spiro atoms. The first-order valence-corrected chi connectivity index (χ1v) is 8.07. The zero-order valence-electron chi connectivity index (χ0n) is 13.2.